The van der Waals surface area contributed by atoms with Crippen molar-refractivity contribution < 1.29 is 9.90 Å². The standard InChI is InChI=1S/C5H5IN2O2S/c1-7-3-2(4(9)10)11-5(6)8-3/h7H,1H3,(H,9,10). The summed E-state index contributed by atoms with van der Waals surface area (Å²) < 4.78 is 0.726. The molecule has 0 atom stereocenters. The van der Waals surface area contributed by atoms with Crippen LogP contribution in [0.2, 0.25) is 0 Å². The van der Waals surface area contributed by atoms with Crippen LogP contribution in [0.15, 0.2) is 0 Å². The van der Waals surface area contributed by atoms with Gasteiger partial charge in [-0.15, -0.1) is 0 Å². The molecule has 0 amide bonds. The Labute approximate surface area is 80.8 Å². The first-order valence-corrected chi connectivity index (χ1v) is 4.62. The summed E-state index contributed by atoms with van der Waals surface area (Å²) in [6.45, 7) is 0. The fraction of sp³-hybridized carbons (Fsp3) is 0.200. The number of hydrogen-bond donors (Lipinski definition) is 2. The van der Waals surface area contributed by atoms with Crippen LogP contribution in [-0.4, -0.2) is 23.1 Å². The number of rotatable bonds is 2. The molecule has 0 unspecified atom stereocenters. The molecular formula is C5H5IN2O2S. The van der Waals surface area contributed by atoms with E-state index < -0.39 is 5.97 Å². The lowest BCUT2D eigenvalue weighted by atomic mass is 10.5. The Morgan fingerprint density at radius 1 is 1.82 bits per heavy atom. The highest BCUT2D eigenvalue weighted by molar-refractivity contribution is 14.1. The third kappa shape index (κ3) is 1.80. The van der Waals surface area contributed by atoms with E-state index >= 15 is 0 Å². The van der Waals surface area contributed by atoms with Crippen molar-refractivity contribution in [3.8, 4) is 0 Å². The van der Waals surface area contributed by atoms with Crippen LogP contribution in [0.3, 0.4) is 0 Å². The van der Waals surface area contributed by atoms with E-state index in [1.807, 2.05) is 22.6 Å². The van der Waals surface area contributed by atoms with Crippen molar-refractivity contribution in [2.75, 3.05) is 12.4 Å². The smallest absolute Gasteiger partial charge is 0.349 e. The lowest BCUT2D eigenvalue weighted by Crippen LogP contribution is -1.98. The van der Waals surface area contributed by atoms with Crippen LogP contribution in [0, 0.1) is 3.01 Å². The van der Waals surface area contributed by atoms with Crippen LogP contribution in [0.25, 0.3) is 0 Å². The minimum atomic E-state index is -0.935. The molecule has 0 spiro atoms. The maximum Gasteiger partial charge on any atom is 0.349 e. The third-order valence-corrected chi connectivity index (χ3v) is 2.77. The highest BCUT2D eigenvalue weighted by Crippen LogP contribution is 2.23. The minimum Gasteiger partial charge on any atom is -0.477 e. The van der Waals surface area contributed by atoms with Gasteiger partial charge in [-0.2, -0.15) is 0 Å². The average Bonchev–Trinajstić information content (AvgIpc) is 2.30. The van der Waals surface area contributed by atoms with E-state index in [9.17, 15) is 4.79 Å². The molecule has 0 fully saturated rings. The summed E-state index contributed by atoms with van der Waals surface area (Å²) in [5, 5.41) is 11.3. The summed E-state index contributed by atoms with van der Waals surface area (Å²) in [6, 6.07) is 0. The predicted molar refractivity (Wildman–Crippen MR) is 51.3 cm³/mol. The van der Waals surface area contributed by atoms with Crippen molar-refractivity contribution in [3.63, 3.8) is 0 Å². The van der Waals surface area contributed by atoms with E-state index in [1.165, 1.54) is 0 Å². The number of thiazole rings is 1. The van der Waals surface area contributed by atoms with Gasteiger partial charge in [0.1, 0.15) is 0 Å². The number of nitrogens with zero attached hydrogens (tertiary/aromatic N) is 1. The maximum atomic E-state index is 10.5. The summed E-state index contributed by atoms with van der Waals surface area (Å²) in [5.41, 5.74) is 0. The zero-order chi connectivity index (χ0) is 8.43. The fourth-order valence-corrected chi connectivity index (χ4v) is 2.15. The van der Waals surface area contributed by atoms with E-state index in [2.05, 4.69) is 10.3 Å². The van der Waals surface area contributed by atoms with Gasteiger partial charge in [0.15, 0.2) is 13.7 Å². The Kier molecular flexibility index (Phi) is 2.66. The van der Waals surface area contributed by atoms with Crippen molar-refractivity contribution in [3.05, 3.63) is 7.89 Å². The van der Waals surface area contributed by atoms with Crippen LogP contribution >= 0.6 is 33.9 Å². The van der Waals surface area contributed by atoms with Gasteiger partial charge in [-0.1, -0.05) is 11.3 Å². The zero-order valence-electron chi connectivity index (χ0n) is 5.59. The first-order chi connectivity index (χ1) is 5.15. The summed E-state index contributed by atoms with van der Waals surface area (Å²) in [5.74, 6) is -0.498. The third-order valence-electron chi connectivity index (χ3n) is 1.03. The molecule has 0 aliphatic carbocycles. The highest BCUT2D eigenvalue weighted by atomic mass is 127. The Hall–Kier alpha value is -0.370. The number of hydrogen-bond acceptors (Lipinski definition) is 4. The van der Waals surface area contributed by atoms with Crippen molar-refractivity contribution in [1.29, 1.82) is 0 Å². The van der Waals surface area contributed by atoms with Crippen LogP contribution in [-0.2, 0) is 0 Å². The lowest BCUT2D eigenvalue weighted by molar-refractivity contribution is 0.0703. The SMILES string of the molecule is CNc1nc(I)sc1C(=O)O. The quantitative estimate of drug-likeness (QED) is 0.808. The number of carbonyl (C=O) groups is 1. The second-order valence-electron chi connectivity index (χ2n) is 1.70. The molecule has 0 saturated heterocycles. The number of nitrogens with one attached hydrogen (secondary N) is 1. The highest BCUT2D eigenvalue weighted by Gasteiger charge is 2.14. The molecule has 2 N–H and O–H groups in total. The molecule has 0 saturated carbocycles. The minimum absolute atomic E-state index is 0.261. The monoisotopic (exact) mass is 284 g/mol. The topological polar surface area (TPSA) is 62.2 Å². The molecule has 1 aromatic rings. The second-order valence-corrected chi connectivity index (χ2v) is 4.45. The largest absolute Gasteiger partial charge is 0.477 e. The van der Waals surface area contributed by atoms with Gasteiger partial charge in [0.25, 0.3) is 0 Å². The molecule has 1 aromatic heterocycles. The van der Waals surface area contributed by atoms with E-state index in [0.29, 0.717) is 5.82 Å². The molecule has 4 nitrogen and oxygen atoms in total. The molecule has 60 valence electrons. The van der Waals surface area contributed by atoms with Crippen molar-refractivity contribution in [2.45, 2.75) is 0 Å². The number of carboxylic acid groups (broad SMARTS) is 1. The van der Waals surface area contributed by atoms with Gasteiger partial charge >= 0.3 is 5.97 Å². The summed E-state index contributed by atoms with van der Waals surface area (Å²) in [7, 11) is 1.65. The van der Waals surface area contributed by atoms with Gasteiger partial charge in [0, 0.05) is 7.05 Å². The van der Waals surface area contributed by atoms with Gasteiger partial charge in [-0.3, -0.25) is 0 Å². The Morgan fingerprint density at radius 2 is 2.45 bits per heavy atom. The van der Waals surface area contributed by atoms with Gasteiger partial charge in [-0.05, 0) is 22.6 Å². The lowest BCUT2D eigenvalue weighted by Gasteiger charge is -1.92. The van der Waals surface area contributed by atoms with Gasteiger partial charge < -0.3 is 10.4 Å². The second kappa shape index (κ2) is 3.35. The normalized spacial score (nSPS) is 9.64. The Morgan fingerprint density at radius 3 is 2.82 bits per heavy atom. The molecular weight excluding hydrogens is 279 g/mol. The number of halogens is 1. The van der Waals surface area contributed by atoms with Gasteiger partial charge in [0.05, 0.1) is 0 Å². The van der Waals surface area contributed by atoms with Crippen LogP contribution in [0.4, 0.5) is 5.82 Å². The number of anilines is 1. The Balaban J connectivity index is 3.12. The van der Waals surface area contributed by atoms with Crippen LogP contribution in [0.5, 0.6) is 0 Å². The zero-order valence-corrected chi connectivity index (χ0v) is 8.56. The van der Waals surface area contributed by atoms with Crippen LogP contribution in [0.1, 0.15) is 9.67 Å². The number of aromatic carboxylic acids is 1. The van der Waals surface area contributed by atoms with Gasteiger partial charge in [0.2, 0.25) is 0 Å². The first kappa shape index (κ1) is 8.72. The van der Waals surface area contributed by atoms with E-state index in [0.717, 1.165) is 14.4 Å². The molecule has 1 heterocycles. The van der Waals surface area contributed by atoms with Crippen molar-refractivity contribution in [1.82, 2.24) is 4.98 Å². The predicted octanol–water partition coefficient (Wildman–Crippen LogP) is 1.49. The van der Waals surface area contributed by atoms with E-state index in [4.69, 9.17) is 5.11 Å². The molecule has 0 aromatic carbocycles. The molecule has 0 aliphatic rings. The van der Waals surface area contributed by atoms with Gasteiger partial charge in [-0.25, -0.2) is 9.78 Å². The first-order valence-electron chi connectivity index (χ1n) is 2.72. The molecule has 0 radical (unpaired) electrons. The van der Waals surface area contributed by atoms with E-state index in [1.54, 1.807) is 7.05 Å². The number of aromatic nitrogens is 1. The van der Waals surface area contributed by atoms with E-state index in [-0.39, 0.29) is 4.88 Å². The maximum absolute atomic E-state index is 10.5. The molecule has 0 aliphatic heterocycles. The number of carboxylic acids is 1. The molecule has 6 heteroatoms. The van der Waals surface area contributed by atoms with Crippen LogP contribution < -0.4 is 5.32 Å². The molecule has 0 bridgehead atoms. The summed E-state index contributed by atoms with van der Waals surface area (Å²) in [6.07, 6.45) is 0. The van der Waals surface area contributed by atoms with Crippen molar-refractivity contribution in [2.24, 2.45) is 0 Å². The Bertz CT molecular complexity index is 286. The average molecular weight is 284 g/mol. The fourth-order valence-electron chi connectivity index (χ4n) is 0.608. The summed E-state index contributed by atoms with van der Waals surface area (Å²) in [4.78, 5) is 14.7. The van der Waals surface area contributed by atoms with Crippen molar-refractivity contribution >= 4 is 45.7 Å². The summed E-state index contributed by atoms with van der Waals surface area (Å²) >= 11 is 3.15. The molecule has 1 rings (SSSR count). The molecule has 11 heavy (non-hydrogen) atoms.